The summed E-state index contributed by atoms with van der Waals surface area (Å²) in [6.07, 6.45) is 2.83. The minimum absolute atomic E-state index is 0.166. The zero-order chi connectivity index (χ0) is 14.5. The summed E-state index contributed by atoms with van der Waals surface area (Å²) in [5, 5.41) is 10.3. The number of carbonyl (C=O) groups is 1. The average Bonchev–Trinajstić information content (AvgIpc) is 2.95. The lowest BCUT2D eigenvalue weighted by Crippen LogP contribution is -2.35. The van der Waals surface area contributed by atoms with E-state index in [-0.39, 0.29) is 5.91 Å². The van der Waals surface area contributed by atoms with E-state index in [9.17, 15) is 4.79 Å². The molecule has 1 amide bonds. The fourth-order valence-corrected chi connectivity index (χ4v) is 1.90. The van der Waals surface area contributed by atoms with Gasteiger partial charge >= 0.3 is 0 Å². The molecule has 1 atom stereocenters. The van der Waals surface area contributed by atoms with Gasteiger partial charge in [-0.2, -0.15) is 0 Å². The number of nitrogens with one attached hydrogen (secondary N) is 1. The molecule has 1 aromatic heterocycles. The lowest BCUT2D eigenvalue weighted by atomic mass is 10.1. The Hall–Kier alpha value is -2.21. The fraction of sp³-hybridized carbons (Fsp3) is 0.357. The Kier molecular flexibility index (Phi) is 4.47. The second kappa shape index (κ2) is 6.29. The van der Waals surface area contributed by atoms with E-state index < -0.39 is 6.04 Å². The second-order valence-electron chi connectivity index (χ2n) is 4.66. The number of anilines is 1. The lowest BCUT2D eigenvalue weighted by molar-refractivity contribution is -0.117. The molecule has 0 radical (unpaired) electrons. The minimum Gasteiger partial charge on any atom is -0.423 e. The molecule has 1 heterocycles. The van der Waals surface area contributed by atoms with Crippen LogP contribution < -0.4 is 11.1 Å². The molecule has 0 saturated heterocycles. The molecule has 6 heteroatoms. The molecule has 1 aromatic carbocycles. The van der Waals surface area contributed by atoms with Gasteiger partial charge in [0.25, 0.3) is 0 Å². The monoisotopic (exact) mass is 274 g/mol. The number of nitrogens with zero attached hydrogens (tertiary/aromatic N) is 2. The van der Waals surface area contributed by atoms with Gasteiger partial charge < -0.3 is 15.5 Å². The molecule has 2 rings (SSSR count). The third kappa shape index (κ3) is 3.21. The maximum atomic E-state index is 11.9. The summed E-state index contributed by atoms with van der Waals surface area (Å²) in [5.74, 6) is 0.286. The predicted molar refractivity (Wildman–Crippen MR) is 76.0 cm³/mol. The minimum atomic E-state index is -0.477. The van der Waals surface area contributed by atoms with Gasteiger partial charge in [0.2, 0.25) is 18.2 Å². The van der Waals surface area contributed by atoms with Crippen LogP contribution in [0.1, 0.15) is 25.3 Å². The van der Waals surface area contributed by atoms with Crippen LogP contribution in [0.15, 0.2) is 29.0 Å². The van der Waals surface area contributed by atoms with Crippen LogP contribution in [0.5, 0.6) is 0 Å². The highest BCUT2D eigenvalue weighted by Crippen LogP contribution is 2.23. The molecular formula is C14H18N4O2. The zero-order valence-corrected chi connectivity index (χ0v) is 11.6. The van der Waals surface area contributed by atoms with Crippen molar-refractivity contribution in [2.75, 3.05) is 5.32 Å². The van der Waals surface area contributed by atoms with Gasteiger partial charge in [-0.25, -0.2) is 0 Å². The van der Waals surface area contributed by atoms with Crippen molar-refractivity contribution >= 4 is 11.6 Å². The summed E-state index contributed by atoms with van der Waals surface area (Å²) in [7, 11) is 0. The van der Waals surface area contributed by atoms with E-state index in [1.54, 1.807) is 0 Å². The summed E-state index contributed by atoms with van der Waals surface area (Å²) in [4.78, 5) is 11.9. The van der Waals surface area contributed by atoms with E-state index in [0.717, 1.165) is 23.2 Å². The number of aryl methyl sites for hydroxylation is 1. The molecule has 0 aliphatic rings. The van der Waals surface area contributed by atoms with Gasteiger partial charge in [0, 0.05) is 11.3 Å². The smallest absolute Gasteiger partial charge is 0.247 e. The highest BCUT2D eigenvalue weighted by Gasteiger charge is 2.14. The molecule has 2 aromatic rings. The molecule has 6 nitrogen and oxygen atoms in total. The lowest BCUT2D eigenvalue weighted by Gasteiger charge is -2.13. The Balaban J connectivity index is 2.12. The molecule has 0 aliphatic heterocycles. The van der Waals surface area contributed by atoms with Crippen LogP contribution >= 0.6 is 0 Å². The van der Waals surface area contributed by atoms with Crippen molar-refractivity contribution in [3.8, 4) is 11.5 Å². The highest BCUT2D eigenvalue weighted by atomic mass is 16.4. The molecule has 3 N–H and O–H groups in total. The molecule has 0 bridgehead atoms. The number of amides is 1. The van der Waals surface area contributed by atoms with Crippen molar-refractivity contribution in [1.82, 2.24) is 10.2 Å². The summed E-state index contributed by atoms with van der Waals surface area (Å²) in [6.45, 7) is 3.90. The Bertz CT molecular complexity index is 581. The SMILES string of the molecule is CCCC(N)C(=O)Nc1ccc(-c2nnco2)cc1C. The van der Waals surface area contributed by atoms with E-state index in [2.05, 4.69) is 15.5 Å². The number of hydrogen-bond donors (Lipinski definition) is 2. The van der Waals surface area contributed by atoms with Crippen LogP contribution in [0.25, 0.3) is 11.5 Å². The van der Waals surface area contributed by atoms with Gasteiger partial charge in [0.15, 0.2) is 0 Å². The van der Waals surface area contributed by atoms with Gasteiger partial charge in [0.1, 0.15) is 0 Å². The van der Waals surface area contributed by atoms with Crippen molar-refractivity contribution < 1.29 is 9.21 Å². The van der Waals surface area contributed by atoms with Gasteiger partial charge in [-0.15, -0.1) is 10.2 Å². The first-order chi connectivity index (χ1) is 9.61. The maximum absolute atomic E-state index is 11.9. The number of benzene rings is 1. The second-order valence-corrected chi connectivity index (χ2v) is 4.66. The maximum Gasteiger partial charge on any atom is 0.247 e. The van der Waals surface area contributed by atoms with E-state index in [1.807, 2.05) is 32.0 Å². The van der Waals surface area contributed by atoms with Gasteiger partial charge in [-0.1, -0.05) is 13.3 Å². The van der Waals surface area contributed by atoms with Crippen LogP contribution in [0.2, 0.25) is 0 Å². The van der Waals surface area contributed by atoms with Crippen molar-refractivity contribution in [3.05, 3.63) is 30.2 Å². The van der Waals surface area contributed by atoms with Crippen molar-refractivity contribution in [2.45, 2.75) is 32.7 Å². The number of rotatable bonds is 5. The number of nitrogens with two attached hydrogens (primary N) is 1. The topological polar surface area (TPSA) is 94.0 Å². The zero-order valence-electron chi connectivity index (χ0n) is 11.6. The molecule has 0 spiro atoms. The first kappa shape index (κ1) is 14.2. The summed E-state index contributed by atoms with van der Waals surface area (Å²) in [6, 6.07) is 5.04. The molecule has 106 valence electrons. The van der Waals surface area contributed by atoms with E-state index >= 15 is 0 Å². The van der Waals surface area contributed by atoms with E-state index in [1.165, 1.54) is 6.39 Å². The summed E-state index contributed by atoms with van der Waals surface area (Å²) >= 11 is 0. The first-order valence-electron chi connectivity index (χ1n) is 6.55. The van der Waals surface area contributed by atoms with Crippen LogP contribution in [-0.4, -0.2) is 22.1 Å². The largest absolute Gasteiger partial charge is 0.423 e. The summed E-state index contributed by atoms with van der Waals surface area (Å²) in [5.41, 5.74) is 8.26. The van der Waals surface area contributed by atoms with Crippen molar-refractivity contribution in [1.29, 1.82) is 0 Å². The van der Waals surface area contributed by atoms with Gasteiger partial charge in [0.05, 0.1) is 6.04 Å². The first-order valence-corrected chi connectivity index (χ1v) is 6.55. The third-order valence-electron chi connectivity index (χ3n) is 3.03. The number of aromatic nitrogens is 2. The van der Waals surface area contributed by atoms with Crippen LogP contribution in [0.3, 0.4) is 0 Å². The van der Waals surface area contributed by atoms with Crippen LogP contribution in [-0.2, 0) is 4.79 Å². The predicted octanol–water partition coefficient (Wildman–Crippen LogP) is 2.11. The van der Waals surface area contributed by atoms with Gasteiger partial charge in [-0.3, -0.25) is 4.79 Å². The molecule has 1 unspecified atom stereocenters. The van der Waals surface area contributed by atoms with Gasteiger partial charge in [-0.05, 0) is 37.1 Å². The standard InChI is InChI=1S/C14H18N4O2/c1-3-4-11(15)13(19)17-12-6-5-10(7-9(12)2)14-18-16-8-20-14/h5-8,11H,3-4,15H2,1-2H3,(H,17,19). The molecule has 0 aliphatic carbocycles. The Morgan fingerprint density at radius 3 is 2.90 bits per heavy atom. The third-order valence-corrected chi connectivity index (χ3v) is 3.03. The van der Waals surface area contributed by atoms with E-state index in [0.29, 0.717) is 12.3 Å². The van der Waals surface area contributed by atoms with Crippen LogP contribution in [0.4, 0.5) is 5.69 Å². The molecule has 0 fully saturated rings. The van der Waals surface area contributed by atoms with E-state index in [4.69, 9.17) is 10.2 Å². The average molecular weight is 274 g/mol. The Morgan fingerprint density at radius 2 is 2.30 bits per heavy atom. The summed E-state index contributed by atoms with van der Waals surface area (Å²) < 4.78 is 5.14. The van der Waals surface area contributed by atoms with Crippen molar-refractivity contribution in [2.24, 2.45) is 5.73 Å². The number of hydrogen-bond acceptors (Lipinski definition) is 5. The highest BCUT2D eigenvalue weighted by molar-refractivity contribution is 5.95. The normalized spacial score (nSPS) is 12.2. The molecule has 0 saturated carbocycles. The van der Waals surface area contributed by atoms with Crippen LogP contribution in [0, 0.1) is 6.92 Å². The Morgan fingerprint density at radius 1 is 1.50 bits per heavy atom. The number of carbonyl (C=O) groups excluding carboxylic acids is 1. The van der Waals surface area contributed by atoms with Crippen molar-refractivity contribution in [3.63, 3.8) is 0 Å². The molecule has 20 heavy (non-hydrogen) atoms. The quantitative estimate of drug-likeness (QED) is 0.870. The molecular weight excluding hydrogens is 256 g/mol. The Labute approximate surface area is 117 Å². The fourth-order valence-electron chi connectivity index (χ4n) is 1.90.